The highest BCUT2D eigenvalue weighted by atomic mass is 32.2. The smallest absolute Gasteiger partial charge is 0.309 e. The molecule has 0 saturated heterocycles. The monoisotopic (exact) mass is 370 g/mol. The third-order valence-electron chi connectivity index (χ3n) is 4.28. The fourth-order valence-electron chi connectivity index (χ4n) is 2.90. The molecule has 0 atom stereocenters. The number of hydrogen-bond donors (Lipinski definition) is 0. The number of aryl methyl sites for hydroxylation is 2. The van der Waals surface area contributed by atoms with Crippen LogP contribution in [0.1, 0.15) is 18.1 Å². The van der Waals surface area contributed by atoms with E-state index in [9.17, 15) is 9.59 Å². The summed E-state index contributed by atoms with van der Waals surface area (Å²) in [5.41, 5.74) is 2.45. The summed E-state index contributed by atoms with van der Waals surface area (Å²) in [7, 11) is 3.15. The van der Waals surface area contributed by atoms with Crippen molar-refractivity contribution < 1.29 is 0 Å². The number of rotatable bonds is 5. The first-order valence-electron chi connectivity index (χ1n) is 8.39. The van der Waals surface area contributed by atoms with E-state index in [0.29, 0.717) is 17.7 Å². The number of aromatic nitrogens is 4. The van der Waals surface area contributed by atoms with Crippen LogP contribution >= 0.6 is 11.8 Å². The van der Waals surface area contributed by atoms with Crippen LogP contribution in [0, 0.1) is 6.92 Å². The Labute approximate surface area is 155 Å². The molecule has 0 spiro atoms. The molecule has 3 rings (SSSR count). The van der Waals surface area contributed by atoms with Gasteiger partial charge in [-0.2, -0.15) is 0 Å². The van der Waals surface area contributed by atoms with Crippen LogP contribution in [-0.2, 0) is 20.6 Å². The average molecular weight is 370 g/mol. The Morgan fingerprint density at radius 2 is 1.96 bits per heavy atom. The number of nitrogens with zero attached hydrogens (tertiary/aromatic N) is 4. The van der Waals surface area contributed by atoms with Gasteiger partial charge in [0.25, 0.3) is 5.56 Å². The van der Waals surface area contributed by atoms with Crippen molar-refractivity contribution in [1.29, 1.82) is 0 Å². The Morgan fingerprint density at radius 3 is 2.65 bits per heavy atom. The molecule has 0 amide bonds. The van der Waals surface area contributed by atoms with Crippen molar-refractivity contribution in [2.24, 2.45) is 14.1 Å². The minimum atomic E-state index is -0.368. The lowest BCUT2D eigenvalue weighted by molar-refractivity contribution is 0.696. The van der Waals surface area contributed by atoms with Crippen molar-refractivity contribution in [3.05, 3.63) is 68.4 Å². The van der Waals surface area contributed by atoms with Crippen LogP contribution in [-0.4, -0.2) is 24.4 Å². The van der Waals surface area contributed by atoms with Gasteiger partial charge in [0.1, 0.15) is 0 Å². The van der Waals surface area contributed by atoms with Gasteiger partial charge in [0.15, 0.2) is 16.3 Å². The first-order chi connectivity index (χ1) is 12.4. The summed E-state index contributed by atoms with van der Waals surface area (Å²) in [4.78, 5) is 29.6. The molecule has 136 valence electrons. The normalized spacial score (nSPS) is 11.7. The quantitative estimate of drug-likeness (QED) is 0.511. The molecular formula is C19H22N4O2S. The number of fused-ring (bicyclic) bond motifs is 1. The van der Waals surface area contributed by atoms with E-state index in [1.165, 1.54) is 11.6 Å². The van der Waals surface area contributed by atoms with E-state index < -0.39 is 0 Å². The lowest BCUT2D eigenvalue weighted by atomic mass is 10.1. The van der Waals surface area contributed by atoms with Crippen LogP contribution in [0.15, 0.2) is 51.2 Å². The Hall–Kier alpha value is -2.54. The number of allylic oxidation sites excluding steroid dienone is 1. The Balaban J connectivity index is 2.24. The van der Waals surface area contributed by atoms with E-state index >= 15 is 0 Å². The zero-order chi connectivity index (χ0) is 18.8. The molecule has 26 heavy (non-hydrogen) atoms. The standard InChI is InChI=1S/C19H22N4O2S/c1-5-6-10-26-18-20-16-15(17(24)22(4)19(25)21(16)3)23(18)12-14-9-7-8-13(2)11-14/h5-9,11H,10,12H2,1-4H3. The number of benzene rings is 1. The molecule has 2 heterocycles. The third-order valence-corrected chi connectivity index (χ3v) is 5.21. The molecule has 0 aliphatic heterocycles. The summed E-state index contributed by atoms with van der Waals surface area (Å²) in [6, 6.07) is 8.18. The van der Waals surface area contributed by atoms with Gasteiger partial charge in [0, 0.05) is 19.8 Å². The Kier molecular flexibility index (Phi) is 5.18. The van der Waals surface area contributed by atoms with Crippen LogP contribution in [0.3, 0.4) is 0 Å². The molecule has 0 N–H and O–H groups in total. The highest BCUT2D eigenvalue weighted by Crippen LogP contribution is 2.23. The Morgan fingerprint density at radius 1 is 1.19 bits per heavy atom. The highest BCUT2D eigenvalue weighted by molar-refractivity contribution is 7.99. The minimum Gasteiger partial charge on any atom is -0.309 e. The maximum absolute atomic E-state index is 12.8. The van der Waals surface area contributed by atoms with Crippen LogP contribution in [0.25, 0.3) is 11.2 Å². The van der Waals surface area contributed by atoms with E-state index in [4.69, 9.17) is 0 Å². The number of imidazole rings is 1. The molecule has 2 aromatic heterocycles. The van der Waals surface area contributed by atoms with E-state index in [2.05, 4.69) is 11.1 Å². The van der Waals surface area contributed by atoms with E-state index in [-0.39, 0.29) is 11.2 Å². The highest BCUT2D eigenvalue weighted by Gasteiger charge is 2.19. The van der Waals surface area contributed by atoms with E-state index in [1.807, 2.05) is 48.8 Å². The first-order valence-corrected chi connectivity index (χ1v) is 9.38. The van der Waals surface area contributed by atoms with Crippen molar-refractivity contribution in [3.63, 3.8) is 0 Å². The van der Waals surface area contributed by atoms with Gasteiger partial charge in [-0.3, -0.25) is 13.9 Å². The molecule has 0 aliphatic rings. The molecule has 6 nitrogen and oxygen atoms in total. The largest absolute Gasteiger partial charge is 0.332 e. The van der Waals surface area contributed by atoms with Gasteiger partial charge in [0.05, 0.1) is 6.54 Å². The summed E-state index contributed by atoms with van der Waals surface area (Å²) >= 11 is 1.55. The molecule has 0 saturated carbocycles. The van der Waals surface area contributed by atoms with Gasteiger partial charge in [-0.15, -0.1) is 0 Å². The second-order valence-corrected chi connectivity index (χ2v) is 7.21. The first kappa shape index (κ1) is 18.3. The van der Waals surface area contributed by atoms with E-state index in [1.54, 1.807) is 18.8 Å². The van der Waals surface area contributed by atoms with Gasteiger partial charge >= 0.3 is 5.69 Å². The molecule has 3 aromatic rings. The van der Waals surface area contributed by atoms with Gasteiger partial charge < -0.3 is 4.57 Å². The van der Waals surface area contributed by atoms with Gasteiger partial charge in [-0.25, -0.2) is 9.78 Å². The summed E-state index contributed by atoms with van der Waals surface area (Å²) < 4.78 is 4.49. The molecule has 0 aliphatic carbocycles. The maximum atomic E-state index is 12.8. The topological polar surface area (TPSA) is 61.8 Å². The molecule has 0 bridgehead atoms. The van der Waals surface area contributed by atoms with Gasteiger partial charge in [0.2, 0.25) is 0 Å². The fourth-order valence-corrected chi connectivity index (χ4v) is 3.80. The Bertz CT molecular complexity index is 1110. The molecule has 0 fully saturated rings. The predicted molar refractivity (Wildman–Crippen MR) is 106 cm³/mol. The maximum Gasteiger partial charge on any atom is 0.332 e. The van der Waals surface area contributed by atoms with Crippen LogP contribution in [0.2, 0.25) is 0 Å². The second kappa shape index (κ2) is 7.37. The van der Waals surface area contributed by atoms with Gasteiger partial charge in [-0.1, -0.05) is 53.7 Å². The second-order valence-electron chi connectivity index (χ2n) is 6.23. The molecule has 0 unspecified atom stereocenters. The lowest BCUT2D eigenvalue weighted by Gasteiger charge is -2.10. The van der Waals surface area contributed by atoms with Gasteiger partial charge in [-0.05, 0) is 19.4 Å². The number of thioether (sulfide) groups is 1. The summed E-state index contributed by atoms with van der Waals surface area (Å²) in [5, 5.41) is 0.734. The van der Waals surface area contributed by atoms with Crippen molar-refractivity contribution in [1.82, 2.24) is 18.7 Å². The summed E-state index contributed by atoms with van der Waals surface area (Å²) in [6.45, 7) is 4.54. The van der Waals surface area contributed by atoms with Crippen molar-refractivity contribution in [2.45, 2.75) is 25.5 Å². The van der Waals surface area contributed by atoms with Crippen LogP contribution in [0.5, 0.6) is 0 Å². The van der Waals surface area contributed by atoms with Crippen molar-refractivity contribution in [3.8, 4) is 0 Å². The summed E-state index contributed by atoms with van der Waals surface area (Å²) in [6.07, 6.45) is 4.02. The zero-order valence-corrected chi connectivity index (χ0v) is 16.2. The summed E-state index contributed by atoms with van der Waals surface area (Å²) in [5.74, 6) is 0.752. The third kappa shape index (κ3) is 3.26. The van der Waals surface area contributed by atoms with Crippen LogP contribution < -0.4 is 11.2 Å². The zero-order valence-electron chi connectivity index (χ0n) is 15.4. The van der Waals surface area contributed by atoms with E-state index in [0.717, 1.165) is 26.6 Å². The average Bonchev–Trinajstić information content (AvgIpc) is 2.97. The van der Waals surface area contributed by atoms with Crippen LogP contribution in [0.4, 0.5) is 0 Å². The lowest BCUT2D eigenvalue weighted by Crippen LogP contribution is -2.37. The molecule has 7 heteroatoms. The number of hydrogen-bond acceptors (Lipinski definition) is 4. The fraction of sp³-hybridized carbons (Fsp3) is 0.316. The van der Waals surface area contributed by atoms with Crippen molar-refractivity contribution >= 4 is 22.9 Å². The predicted octanol–water partition coefficient (Wildman–Crippen LogP) is 2.46. The molecule has 0 radical (unpaired) electrons. The SMILES string of the molecule is CC=CCSc1nc2c(c(=O)n(C)c(=O)n2C)n1Cc1cccc(C)c1. The minimum absolute atomic E-state index is 0.318. The molecule has 1 aromatic carbocycles. The molecular weight excluding hydrogens is 348 g/mol. The van der Waals surface area contributed by atoms with Crippen molar-refractivity contribution in [2.75, 3.05) is 5.75 Å².